The number of carbonyl (C=O) groups is 1. The number of furan rings is 1. The number of aromatic amines is 1. The van der Waals surface area contributed by atoms with E-state index in [-0.39, 0.29) is 11.6 Å². The molecular formula is C9H7N5O5. The minimum Gasteiger partial charge on any atom is -0.459 e. The molecule has 0 aliphatic rings. The zero-order valence-electron chi connectivity index (χ0n) is 9.25. The number of hydrazine groups is 1. The van der Waals surface area contributed by atoms with Crippen LogP contribution in [0.15, 0.2) is 33.9 Å². The van der Waals surface area contributed by atoms with E-state index in [0.29, 0.717) is 0 Å². The normalized spacial score (nSPS) is 9.89. The molecule has 2 aromatic heterocycles. The zero-order chi connectivity index (χ0) is 13.8. The molecule has 0 spiro atoms. The number of hydrogen-bond acceptors (Lipinski definition) is 7. The molecule has 0 fully saturated rings. The predicted octanol–water partition coefficient (Wildman–Crippen LogP) is 0.0280. The Hall–Kier alpha value is -3.17. The van der Waals surface area contributed by atoms with E-state index in [4.69, 9.17) is 4.42 Å². The standard InChI is InChI=1S/C9H7N5O5/c15-8(5-2-1-3-19-5)13-12-7-6(14(17)18)9(16)11-4-10-7/h1-4H,(H,13,15)(H2,10,11,12,16). The first kappa shape index (κ1) is 12.3. The lowest BCUT2D eigenvalue weighted by molar-refractivity contribution is -0.385. The fourth-order valence-electron chi connectivity index (χ4n) is 1.24. The second-order valence-electron chi connectivity index (χ2n) is 3.24. The van der Waals surface area contributed by atoms with Crippen LogP contribution in [0, 0.1) is 10.1 Å². The molecule has 0 radical (unpaired) electrons. The van der Waals surface area contributed by atoms with Gasteiger partial charge in [0.25, 0.3) is 0 Å². The lowest BCUT2D eigenvalue weighted by atomic mass is 10.4. The summed E-state index contributed by atoms with van der Waals surface area (Å²) in [4.78, 5) is 38.1. The third-order valence-electron chi connectivity index (χ3n) is 2.05. The van der Waals surface area contributed by atoms with E-state index in [0.717, 1.165) is 6.33 Å². The van der Waals surface area contributed by atoms with Crippen LogP contribution in [0.3, 0.4) is 0 Å². The van der Waals surface area contributed by atoms with Crippen LogP contribution in [0.25, 0.3) is 0 Å². The molecule has 1 amide bonds. The monoisotopic (exact) mass is 265 g/mol. The number of aromatic nitrogens is 2. The van der Waals surface area contributed by atoms with Crippen LogP contribution in [0.2, 0.25) is 0 Å². The molecule has 2 heterocycles. The van der Waals surface area contributed by atoms with E-state index in [1.807, 2.05) is 0 Å². The fraction of sp³-hybridized carbons (Fsp3) is 0. The topological polar surface area (TPSA) is 143 Å². The summed E-state index contributed by atoms with van der Waals surface area (Å²) in [6.45, 7) is 0. The van der Waals surface area contributed by atoms with Gasteiger partial charge in [-0.05, 0) is 12.1 Å². The van der Waals surface area contributed by atoms with Crippen molar-refractivity contribution in [3.05, 3.63) is 51.0 Å². The number of nitrogens with zero attached hydrogens (tertiary/aromatic N) is 2. The summed E-state index contributed by atoms with van der Waals surface area (Å²) in [5.41, 5.74) is 2.57. The fourth-order valence-corrected chi connectivity index (χ4v) is 1.24. The molecule has 2 aromatic rings. The highest BCUT2D eigenvalue weighted by Gasteiger charge is 2.21. The predicted molar refractivity (Wildman–Crippen MR) is 61.3 cm³/mol. The second kappa shape index (κ2) is 5.00. The molecule has 10 nitrogen and oxygen atoms in total. The Morgan fingerprint density at radius 1 is 1.53 bits per heavy atom. The van der Waals surface area contributed by atoms with Crippen molar-refractivity contribution in [2.45, 2.75) is 0 Å². The number of hydrogen-bond donors (Lipinski definition) is 3. The molecular weight excluding hydrogens is 258 g/mol. The Kier molecular flexibility index (Phi) is 3.23. The van der Waals surface area contributed by atoms with Gasteiger partial charge in [-0.1, -0.05) is 0 Å². The highest BCUT2D eigenvalue weighted by atomic mass is 16.6. The molecule has 0 saturated carbocycles. The van der Waals surface area contributed by atoms with Crippen LogP contribution in [-0.4, -0.2) is 20.8 Å². The van der Waals surface area contributed by atoms with E-state index < -0.39 is 22.1 Å². The highest BCUT2D eigenvalue weighted by molar-refractivity contribution is 5.92. The van der Waals surface area contributed by atoms with Crippen LogP contribution in [-0.2, 0) is 0 Å². The summed E-state index contributed by atoms with van der Waals surface area (Å²) >= 11 is 0. The van der Waals surface area contributed by atoms with Gasteiger partial charge in [0.15, 0.2) is 5.76 Å². The molecule has 10 heteroatoms. The third kappa shape index (κ3) is 2.57. The Bertz CT molecular complexity index is 662. The number of rotatable bonds is 4. The average Bonchev–Trinajstić information content (AvgIpc) is 2.89. The molecule has 0 bridgehead atoms. The van der Waals surface area contributed by atoms with Crippen molar-refractivity contribution in [3.8, 4) is 0 Å². The molecule has 3 N–H and O–H groups in total. The van der Waals surface area contributed by atoms with Crippen molar-refractivity contribution in [1.82, 2.24) is 15.4 Å². The van der Waals surface area contributed by atoms with Crippen LogP contribution >= 0.6 is 0 Å². The second-order valence-corrected chi connectivity index (χ2v) is 3.24. The molecule has 0 atom stereocenters. The number of nitrogens with one attached hydrogen (secondary N) is 3. The summed E-state index contributed by atoms with van der Waals surface area (Å²) in [6, 6.07) is 2.90. The third-order valence-corrected chi connectivity index (χ3v) is 2.05. The maximum Gasteiger partial charge on any atom is 0.377 e. The molecule has 0 aliphatic heterocycles. The van der Waals surface area contributed by atoms with Gasteiger partial charge in [-0.25, -0.2) is 4.98 Å². The Morgan fingerprint density at radius 3 is 2.95 bits per heavy atom. The van der Waals surface area contributed by atoms with Gasteiger partial charge >= 0.3 is 17.2 Å². The first-order valence-corrected chi connectivity index (χ1v) is 4.91. The summed E-state index contributed by atoms with van der Waals surface area (Å²) < 4.78 is 4.81. The number of H-pyrrole nitrogens is 1. The van der Waals surface area contributed by atoms with Crippen LogP contribution < -0.4 is 16.4 Å². The quantitative estimate of drug-likeness (QED) is 0.522. The van der Waals surface area contributed by atoms with Gasteiger partial charge in [0.2, 0.25) is 5.82 Å². The lowest BCUT2D eigenvalue weighted by Crippen LogP contribution is -2.31. The van der Waals surface area contributed by atoms with E-state index in [1.54, 1.807) is 0 Å². The van der Waals surface area contributed by atoms with Crippen LogP contribution in [0.4, 0.5) is 11.5 Å². The average molecular weight is 265 g/mol. The number of amides is 1. The number of nitro groups is 1. The molecule has 0 saturated heterocycles. The van der Waals surface area contributed by atoms with Crippen molar-refractivity contribution in [3.63, 3.8) is 0 Å². The summed E-state index contributed by atoms with van der Waals surface area (Å²) in [7, 11) is 0. The van der Waals surface area contributed by atoms with Crippen LogP contribution in [0.1, 0.15) is 10.6 Å². The molecule has 2 rings (SSSR count). The minimum absolute atomic E-state index is 0.00000591. The van der Waals surface area contributed by atoms with E-state index in [1.165, 1.54) is 18.4 Å². The lowest BCUT2D eigenvalue weighted by Gasteiger charge is -2.05. The summed E-state index contributed by atoms with van der Waals surface area (Å²) in [5.74, 6) is -1.05. The van der Waals surface area contributed by atoms with Gasteiger partial charge in [0, 0.05) is 0 Å². The molecule has 19 heavy (non-hydrogen) atoms. The number of anilines is 1. The maximum atomic E-state index is 11.5. The summed E-state index contributed by atoms with van der Waals surface area (Å²) in [5, 5.41) is 10.7. The van der Waals surface area contributed by atoms with E-state index in [9.17, 15) is 19.7 Å². The molecule has 0 aliphatic carbocycles. The Labute approximate surface area is 104 Å². The van der Waals surface area contributed by atoms with Crippen molar-refractivity contribution in [2.75, 3.05) is 5.43 Å². The van der Waals surface area contributed by atoms with Crippen LogP contribution in [0.5, 0.6) is 0 Å². The van der Waals surface area contributed by atoms with E-state index >= 15 is 0 Å². The minimum atomic E-state index is -0.935. The Balaban J connectivity index is 2.16. The van der Waals surface area contributed by atoms with E-state index in [2.05, 4.69) is 20.8 Å². The largest absolute Gasteiger partial charge is 0.459 e. The Morgan fingerprint density at radius 2 is 2.32 bits per heavy atom. The van der Waals surface area contributed by atoms with Gasteiger partial charge in [0.1, 0.15) is 0 Å². The smallest absolute Gasteiger partial charge is 0.377 e. The van der Waals surface area contributed by atoms with Gasteiger partial charge in [-0.3, -0.25) is 30.6 Å². The number of carbonyl (C=O) groups excluding carboxylic acids is 1. The van der Waals surface area contributed by atoms with Crippen molar-refractivity contribution in [2.24, 2.45) is 0 Å². The molecule has 0 unspecified atom stereocenters. The molecule has 98 valence electrons. The van der Waals surface area contributed by atoms with Gasteiger partial charge in [0.05, 0.1) is 17.5 Å². The van der Waals surface area contributed by atoms with Crippen molar-refractivity contribution < 1.29 is 14.1 Å². The first-order valence-electron chi connectivity index (χ1n) is 4.91. The summed E-state index contributed by atoms with van der Waals surface area (Å²) in [6.07, 6.45) is 2.26. The first-order chi connectivity index (χ1) is 9.09. The zero-order valence-corrected chi connectivity index (χ0v) is 9.25. The van der Waals surface area contributed by atoms with Gasteiger partial charge < -0.3 is 9.40 Å². The highest BCUT2D eigenvalue weighted by Crippen LogP contribution is 2.13. The van der Waals surface area contributed by atoms with Crippen molar-refractivity contribution >= 4 is 17.4 Å². The molecule has 0 aromatic carbocycles. The SMILES string of the molecule is O=C(NNc1nc[nH]c(=O)c1[N+](=O)[O-])c1ccco1. The van der Waals surface area contributed by atoms with Crippen molar-refractivity contribution in [1.29, 1.82) is 0 Å². The van der Waals surface area contributed by atoms with Gasteiger partial charge in [-0.15, -0.1) is 0 Å². The van der Waals surface area contributed by atoms with Gasteiger partial charge in [-0.2, -0.15) is 0 Å². The maximum absolute atomic E-state index is 11.5.